The highest BCUT2D eigenvalue weighted by atomic mass is 35.5. The first-order valence-corrected chi connectivity index (χ1v) is 4.29. The monoisotopic (exact) mass is 209 g/mol. The van der Waals surface area contributed by atoms with Crippen molar-refractivity contribution in [1.29, 1.82) is 0 Å². The predicted octanol–water partition coefficient (Wildman–Crippen LogP) is 2.84. The predicted molar refractivity (Wildman–Crippen MR) is 52.1 cm³/mol. The zero-order chi connectivity index (χ0) is 10.1. The van der Waals surface area contributed by atoms with Crippen LogP contribution in [0.3, 0.4) is 0 Å². The summed E-state index contributed by atoms with van der Waals surface area (Å²) < 4.78 is 12.9. The first-order chi connectivity index (χ1) is 6.72. The SMILES string of the molecule is O=Cc1cnc2ccc(F)cc2c1Cl. The first kappa shape index (κ1) is 9.09. The fourth-order valence-electron chi connectivity index (χ4n) is 1.23. The molecule has 70 valence electrons. The summed E-state index contributed by atoms with van der Waals surface area (Å²) in [6, 6.07) is 4.08. The molecule has 0 amide bonds. The lowest BCUT2D eigenvalue weighted by Crippen LogP contribution is -1.88. The molecular weight excluding hydrogens is 205 g/mol. The highest BCUT2D eigenvalue weighted by Gasteiger charge is 2.06. The second-order valence-corrected chi connectivity index (χ2v) is 3.18. The lowest BCUT2D eigenvalue weighted by Gasteiger charge is -2.01. The Kier molecular flexibility index (Phi) is 2.17. The second kappa shape index (κ2) is 3.35. The van der Waals surface area contributed by atoms with Gasteiger partial charge in [0.05, 0.1) is 16.1 Å². The van der Waals surface area contributed by atoms with E-state index in [1.54, 1.807) is 0 Å². The molecule has 0 fully saturated rings. The van der Waals surface area contributed by atoms with E-state index in [1.165, 1.54) is 24.4 Å². The Hall–Kier alpha value is -1.48. The van der Waals surface area contributed by atoms with Gasteiger partial charge in [0.2, 0.25) is 0 Å². The van der Waals surface area contributed by atoms with Gasteiger partial charge in [0.15, 0.2) is 6.29 Å². The smallest absolute Gasteiger partial charge is 0.153 e. The molecule has 0 N–H and O–H groups in total. The fourth-order valence-corrected chi connectivity index (χ4v) is 1.47. The average molecular weight is 210 g/mol. The first-order valence-electron chi connectivity index (χ1n) is 3.91. The van der Waals surface area contributed by atoms with Gasteiger partial charge in [0, 0.05) is 11.6 Å². The van der Waals surface area contributed by atoms with Gasteiger partial charge in [-0.3, -0.25) is 9.78 Å². The summed E-state index contributed by atoms with van der Waals surface area (Å²) >= 11 is 5.88. The molecule has 0 spiro atoms. The standard InChI is InChI=1S/C10H5ClFNO/c11-10-6(5-14)4-13-9-2-1-7(12)3-8(9)10/h1-5H. The van der Waals surface area contributed by atoms with Crippen LogP contribution in [0.15, 0.2) is 24.4 Å². The van der Waals surface area contributed by atoms with Crippen molar-refractivity contribution >= 4 is 28.8 Å². The Morgan fingerprint density at radius 2 is 2.21 bits per heavy atom. The number of aromatic nitrogens is 1. The number of fused-ring (bicyclic) bond motifs is 1. The van der Waals surface area contributed by atoms with Crippen molar-refractivity contribution in [3.8, 4) is 0 Å². The maximum absolute atomic E-state index is 12.9. The van der Waals surface area contributed by atoms with Crippen molar-refractivity contribution in [3.63, 3.8) is 0 Å². The maximum atomic E-state index is 12.9. The van der Waals surface area contributed by atoms with Crippen LogP contribution in [-0.4, -0.2) is 11.3 Å². The molecule has 2 rings (SSSR count). The van der Waals surface area contributed by atoms with Gasteiger partial charge in [-0.25, -0.2) is 4.39 Å². The molecule has 1 aromatic heterocycles. The third-order valence-electron chi connectivity index (χ3n) is 1.92. The van der Waals surface area contributed by atoms with E-state index in [2.05, 4.69) is 4.98 Å². The summed E-state index contributed by atoms with van der Waals surface area (Å²) in [5.74, 6) is -0.399. The van der Waals surface area contributed by atoms with Crippen LogP contribution in [0.2, 0.25) is 5.02 Å². The van der Waals surface area contributed by atoms with Gasteiger partial charge in [-0.15, -0.1) is 0 Å². The molecule has 0 radical (unpaired) electrons. The second-order valence-electron chi connectivity index (χ2n) is 2.81. The fraction of sp³-hybridized carbons (Fsp3) is 0. The number of rotatable bonds is 1. The van der Waals surface area contributed by atoms with E-state index in [1.807, 2.05) is 0 Å². The van der Waals surface area contributed by atoms with Crippen LogP contribution in [0.25, 0.3) is 10.9 Å². The van der Waals surface area contributed by atoms with E-state index in [-0.39, 0.29) is 10.6 Å². The highest BCUT2D eigenvalue weighted by molar-refractivity contribution is 6.37. The minimum Gasteiger partial charge on any atom is -0.298 e. The van der Waals surface area contributed by atoms with Crippen LogP contribution in [-0.2, 0) is 0 Å². The Morgan fingerprint density at radius 1 is 1.43 bits per heavy atom. The molecule has 0 unspecified atom stereocenters. The number of nitrogens with zero attached hydrogens (tertiary/aromatic N) is 1. The number of carbonyl (C=O) groups excluding carboxylic acids is 1. The van der Waals surface area contributed by atoms with Crippen molar-refractivity contribution in [2.24, 2.45) is 0 Å². The van der Waals surface area contributed by atoms with Crippen molar-refractivity contribution in [2.45, 2.75) is 0 Å². The van der Waals surface area contributed by atoms with Gasteiger partial charge < -0.3 is 0 Å². The van der Waals surface area contributed by atoms with E-state index in [0.717, 1.165) is 0 Å². The number of hydrogen-bond donors (Lipinski definition) is 0. The maximum Gasteiger partial charge on any atom is 0.153 e. The molecule has 2 aromatic rings. The number of hydrogen-bond acceptors (Lipinski definition) is 2. The topological polar surface area (TPSA) is 30.0 Å². The Morgan fingerprint density at radius 3 is 2.93 bits per heavy atom. The lowest BCUT2D eigenvalue weighted by molar-refractivity contribution is 0.112. The summed E-state index contributed by atoms with van der Waals surface area (Å²) in [4.78, 5) is 14.5. The van der Waals surface area contributed by atoms with Gasteiger partial charge in [0.1, 0.15) is 5.82 Å². The summed E-state index contributed by atoms with van der Waals surface area (Å²) in [7, 11) is 0. The van der Waals surface area contributed by atoms with Gasteiger partial charge >= 0.3 is 0 Å². The normalized spacial score (nSPS) is 10.4. The Balaban J connectivity index is 2.86. The quantitative estimate of drug-likeness (QED) is 0.676. The largest absolute Gasteiger partial charge is 0.298 e. The summed E-state index contributed by atoms with van der Waals surface area (Å²) in [6.45, 7) is 0. The van der Waals surface area contributed by atoms with E-state index in [4.69, 9.17) is 11.6 Å². The lowest BCUT2D eigenvalue weighted by atomic mass is 10.1. The highest BCUT2D eigenvalue weighted by Crippen LogP contribution is 2.25. The molecule has 0 aliphatic carbocycles. The molecule has 14 heavy (non-hydrogen) atoms. The van der Waals surface area contributed by atoms with Crippen LogP contribution >= 0.6 is 11.6 Å². The Labute approximate surface area is 84.3 Å². The molecule has 0 aliphatic heterocycles. The number of pyridine rings is 1. The average Bonchev–Trinajstić information content (AvgIpc) is 2.20. The Bertz CT molecular complexity index is 513. The number of halogens is 2. The van der Waals surface area contributed by atoms with E-state index >= 15 is 0 Å². The number of benzene rings is 1. The van der Waals surface area contributed by atoms with Gasteiger partial charge in [-0.1, -0.05) is 11.6 Å². The molecule has 0 bridgehead atoms. The summed E-state index contributed by atoms with van der Waals surface area (Å²) in [6.07, 6.45) is 1.97. The van der Waals surface area contributed by atoms with Crippen LogP contribution in [0.5, 0.6) is 0 Å². The van der Waals surface area contributed by atoms with Crippen LogP contribution in [0.4, 0.5) is 4.39 Å². The van der Waals surface area contributed by atoms with Gasteiger partial charge in [0.25, 0.3) is 0 Å². The molecule has 1 aromatic carbocycles. The molecule has 1 heterocycles. The minimum atomic E-state index is -0.399. The summed E-state index contributed by atoms with van der Waals surface area (Å²) in [5, 5.41) is 0.695. The minimum absolute atomic E-state index is 0.240. The summed E-state index contributed by atoms with van der Waals surface area (Å²) in [5.41, 5.74) is 0.840. The van der Waals surface area contributed by atoms with E-state index in [0.29, 0.717) is 17.2 Å². The van der Waals surface area contributed by atoms with Crippen LogP contribution < -0.4 is 0 Å². The molecule has 0 saturated carbocycles. The molecular formula is C10H5ClFNO. The van der Waals surface area contributed by atoms with Crippen molar-refractivity contribution in [3.05, 3.63) is 40.8 Å². The van der Waals surface area contributed by atoms with Crippen LogP contribution in [0, 0.1) is 5.82 Å². The molecule has 0 atom stereocenters. The van der Waals surface area contributed by atoms with Gasteiger partial charge in [-0.05, 0) is 18.2 Å². The van der Waals surface area contributed by atoms with Crippen molar-refractivity contribution < 1.29 is 9.18 Å². The van der Waals surface area contributed by atoms with Crippen molar-refractivity contribution in [1.82, 2.24) is 4.98 Å². The third-order valence-corrected chi connectivity index (χ3v) is 2.34. The molecule has 0 aliphatic rings. The zero-order valence-electron chi connectivity index (χ0n) is 7.00. The number of carbonyl (C=O) groups is 1. The van der Waals surface area contributed by atoms with E-state index < -0.39 is 5.82 Å². The van der Waals surface area contributed by atoms with Crippen molar-refractivity contribution in [2.75, 3.05) is 0 Å². The molecule has 2 nitrogen and oxygen atoms in total. The number of aldehydes is 1. The molecule has 0 saturated heterocycles. The van der Waals surface area contributed by atoms with E-state index in [9.17, 15) is 9.18 Å². The molecule has 4 heteroatoms. The zero-order valence-corrected chi connectivity index (χ0v) is 7.75. The van der Waals surface area contributed by atoms with Crippen LogP contribution in [0.1, 0.15) is 10.4 Å². The third kappa shape index (κ3) is 1.36. The van der Waals surface area contributed by atoms with Gasteiger partial charge in [-0.2, -0.15) is 0 Å².